The molecule has 0 bridgehead atoms. The number of rotatable bonds is 5. The van der Waals surface area contributed by atoms with E-state index in [0.29, 0.717) is 33.8 Å². The molecule has 0 unspecified atom stereocenters. The standard InChI is InChI=1S/C13H16ClN5O/c1-3-16-12-11(15)13(18-7-17-12)19-9-6-8(14)4-5-10(9)20-2/h4-7H,3,15H2,1-2H3,(H2,16,17,18,19). The number of benzene rings is 1. The van der Waals surface area contributed by atoms with Crippen LogP contribution in [0.1, 0.15) is 6.92 Å². The molecule has 0 aliphatic carbocycles. The van der Waals surface area contributed by atoms with Crippen molar-refractivity contribution < 1.29 is 4.74 Å². The number of nitrogens with two attached hydrogens (primary N) is 1. The highest BCUT2D eigenvalue weighted by atomic mass is 35.5. The van der Waals surface area contributed by atoms with Crippen LogP contribution in [0.15, 0.2) is 24.5 Å². The third-order valence-corrected chi connectivity index (χ3v) is 2.88. The van der Waals surface area contributed by atoms with Gasteiger partial charge in [-0.05, 0) is 25.1 Å². The highest BCUT2D eigenvalue weighted by molar-refractivity contribution is 6.31. The summed E-state index contributed by atoms with van der Waals surface area (Å²) in [5.74, 6) is 1.74. The summed E-state index contributed by atoms with van der Waals surface area (Å²) in [5, 5.41) is 6.76. The van der Waals surface area contributed by atoms with Gasteiger partial charge in [-0.1, -0.05) is 11.6 Å². The van der Waals surface area contributed by atoms with Crippen LogP contribution in [0.3, 0.4) is 0 Å². The molecule has 1 aromatic heterocycles. The molecule has 0 fully saturated rings. The van der Waals surface area contributed by atoms with E-state index in [0.717, 1.165) is 6.54 Å². The Labute approximate surface area is 122 Å². The Morgan fingerprint density at radius 2 is 2.05 bits per heavy atom. The summed E-state index contributed by atoms with van der Waals surface area (Å²) in [4.78, 5) is 8.22. The van der Waals surface area contributed by atoms with Crippen LogP contribution in [0.2, 0.25) is 5.02 Å². The van der Waals surface area contributed by atoms with E-state index in [-0.39, 0.29) is 0 Å². The minimum atomic E-state index is 0.441. The molecule has 0 spiro atoms. The number of hydrogen-bond donors (Lipinski definition) is 3. The van der Waals surface area contributed by atoms with Crippen LogP contribution < -0.4 is 21.1 Å². The lowest BCUT2D eigenvalue weighted by atomic mass is 10.3. The summed E-state index contributed by atoms with van der Waals surface area (Å²) in [6, 6.07) is 5.26. The fourth-order valence-electron chi connectivity index (χ4n) is 1.71. The predicted molar refractivity (Wildman–Crippen MR) is 81.9 cm³/mol. The monoisotopic (exact) mass is 293 g/mol. The SMILES string of the molecule is CCNc1ncnc(Nc2cc(Cl)ccc2OC)c1N. The molecule has 106 valence electrons. The van der Waals surface area contributed by atoms with Crippen LogP contribution in [-0.2, 0) is 0 Å². The summed E-state index contributed by atoms with van der Waals surface area (Å²) >= 11 is 5.99. The number of hydrogen-bond acceptors (Lipinski definition) is 6. The number of ether oxygens (including phenoxy) is 1. The van der Waals surface area contributed by atoms with Gasteiger partial charge in [0.05, 0.1) is 12.8 Å². The van der Waals surface area contributed by atoms with Crippen molar-refractivity contribution in [2.75, 3.05) is 30.0 Å². The van der Waals surface area contributed by atoms with Gasteiger partial charge < -0.3 is 21.1 Å². The molecule has 2 aromatic rings. The van der Waals surface area contributed by atoms with Crippen molar-refractivity contribution in [3.8, 4) is 5.75 Å². The van der Waals surface area contributed by atoms with Gasteiger partial charge in [-0.2, -0.15) is 0 Å². The molecule has 0 saturated heterocycles. The summed E-state index contributed by atoms with van der Waals surface area (Å²) in [6.07, 6.45) is 1.44. The lowest BCUT2D eigenvalue weighted by Gasteiger charge is -2.14. The van der Waals surface area contributed by atoms with Gasteiger partial charge in [0.15, 0.2) is 11.6 Å². The van der Waals surface area contributed by atoms with E-state index < -0.39 is 0 Å². The molecule has 0 atom stereocenters. The van der Waals surface area contributed by atoms with Gasteiger partial charge in [-0.15, -0.1) is 0 Å². The van der Waals surface area contributed by atoms with Crippen molar-refractivity contribution in [3.63, 3.8) is 0 Å². The number of nitrogens with one attached hydrogen (secondary N) is 2. The van der Waals surface area contributed by atoms with Crippen molar-refractivity contribution in [2.45, 2.75) is 6.92 Å². The number of halogens is 1. The van der Waals surface area contributed by atoms with Crippen LogP contribution in [-0.4, -0.2) is 23.6 Å². The third kappa shape index (κ3) is 3.03. The normalized spacial score (nSPS) is 10.2. The van der Waals surface area contributed by atoms with Gasteiger partial charge >= 0.3 is 0 Å². The second kappa shape index (κ2) is 6.29. The summed E-state index contributed by atoms with van der Waals surface area (Å²) < 4.78 is 5.27. The zero-order valence-corrected chi connectivity index (χ0v) is 12.0. The fraction of sp³-hybridized carbons (Fsp3) is 0.231. The average molecular weight is 294 g/mol. The van der Waals surface area contributed by atoms with Crippen molar-refractivity contribution in [2.24, 2.45) is 0 Å². The van der Waals surface area contributed by atoms with E-state index in [9.17, 15) is 0 Å². The van der Waals surface area contributed by atoms with Gasteiger partial charge in [-0.3, -0.25) is 0 Å². The second-order valence-electron chi connectivity index (χ2n) is 3.98. The fourth-order valence-corrected chi connectivity index (χ4v) is 1.88. The zero-order chi connectivity index (χ0) is 14.5. The predicted octanol–water partition coefficient (Wildman–Crippen LogP) is 2.90. The van der Waals surface area contributed by atoms with E-state index >= 15 is 0 Å². The molecule has 0 aliphatic rings. The molecule has 0 saturated carbocycles. The summed E-state index contributed by atoms with van der Waals surface area (Å²) in [5.41, 5.74) is 7.15. The molecule has 1 aromatic carbocycles. The van der Waals surface area contributed by atoms with Crippen molar-refractivity contribution in [1.82, 2.24) is 9.97 Å². The molecule has 6 nitrogen and oxygen atoms in total. The first-order valence-corrected chi connectivity index (χ1v) is 6.48. The van der Waals surface area contributed by atoms with E-state index in [2.05, 4.69) is 20.6 Å². The van der Waals surface area contributed by atoms with Gasteiger partial charge in [0, 0.05) is 11.6 Å². The van der Waals surface area contributed by atoms with Crippen molar-refractivity contribution >= 4 is 34.6 Å². The van der Waals surface area contributed by atoms with Crippen LogP contribution in [0.5, 0.6) is 5.75 Å². The van der Waals surface area contributed by atoms with E-state index in [4.69, 9.17) is 22.1 Å². The van der Waals surface area contributed by atoms with Crippen LogP contribution in [0.25, 0.3) is 0 Å². The van der Waals surface area contributed by atoms with Gasteiger partial charge in [-0.25, -0.2) is 9.97 Å². The maximum Gasteiger partial charge on any atom is 0.159 e. The molecular weight excluding hydrogens is 278 g/mol. The first-order chi connectivity index (χ1) is 9.65. The molecule has 4 N–H and O–H groups in total. The molecule has 7 heteroatoms. The minimum absolute atomic E-state index is 0.441. The Morgan fingerprint density at radius 3 is 2.75 bits per heavy atom. The Morgan fingerprint density at radius 1 is 1.30 bits per heavy atom. The van der Waals surface area contributed by atoms with E-state index in [1.54, 1.807) is 25.3 Å². The van der Waals surface area contributed by atoms with Crippen LogP contribution in [0.4, 0.5) is 23.0 Å². The largest absolute Gasteiger partial charge is 0.495 e. The summed E-state index contributed by atoms with van der Waals surface area (Å²) in [6.45, 7) is 2.69. The summed E-state index contributed by atoms with van der Waals surface area (Å²) in [7, 11) is 1.59. The highest BCUT2D eigenvalue weighted by Gasteiger charge is 2.10. The molecule has 0 radical (unpaired) electrons. The van der Waals surface area contributed by atoms with Gasteiger partial charge in [0.1, 0.15) is 17.8 Å². The van der Waals surface area contributed by atoms with Crippen LogP contribution in [0, 0.1) is 0 Å². The Hall–Kier alpha value is -2.21. The lowest BCUT2D eigenvalue weighted by molar-refractivity contribution is 0.417. The maximum absolute atomic E-state index is 6.02. The first kappa shape index (κ1) is 14.2. The molecule has 0 amide bonds. The zero-order valence-electron chi connectivity index (χ0n) is 11.3. The molecule has 0 aliphatic heterocycles. The number of nitrogen functional groups attached to an aromatic ring is 1. The van der Waals surface area contributed by atoms with Gasteiger partial charge in [0.25, 0.3) is 0 Å². The molecule has 2 rings (SSSR count). The maximum atomic E-state index is 6.02. The molecule has 1 heterocycles. The van der Waals surface area contributed by atoms with Gasteiger partial charge in [0.2, 0.25) is 0 Å². The minimum Gasteiger partial charge on any atom is -0.495 e. The number of nitrogens with zero attached hydrogens (tertiary/aromatic N) is 2. The number of anilines is 4. The highest BCUT2D eigenvalue weighted by Crippen LogP contribution is 2.32. The topological polar surface area (TPSA) is 85.1 Å². The van der Waals surface area contributed by atoms with Crippen molar-refractivity contribution in [1.29, 1.82) is 0 Å². The quantitative estimate of drug-likeness (QED) is 0.786. The number of aromatic nitrogens is 2. The Balaban J connectivity index is 2.35. The number of methoxy groups -OCH3 is 1. The van der Waals surface area contributed by atoms with E-state index in [1.807, 2.05) is 6.92 Å². The van der Waals surface area contributed by atoms with E-state index in [1.165, 1.54) is 6.33 Å². The lowest BCUT2D eigenvalue weighted by Crippen LogP contribution is -2.07. The average Bonchev–Trinajstić information content (AvgIpc) is 2.44. The molecular formula is C13H16ClN5O. The second-order valence-corrected chi connectivity index (χ2v) is 4.42. The first-order valence-electron chi connectivity index (χ1n) is 6.10. The smallest absolute Gasteiger partial charge is 0.159 e. The Bertz CT molecular complexity index is 605. The van der Waals surface area contributed by atoms with Crippen molar-refractivity contribution in [3.05, 3.63) is 29.5 Å². The Kier molecular flexibility index (Phi) is 4.47. The van der Waals surface area contributed by atoms with Crippen LogP contribution >= 0.6 is 11.6 Å². The third-order valence-electron chi connectivity index (χ3n) is 2.64. The molecule has 20 heavy (non-hydrogen) atoms.